The Morgan fingerprint density at radius 2 is 2.21 bits per heavy atom. The van der Waals surface area contributed by atoms with Gasteiger partial charge in [0.2, 0.25) is 0 Å². The van der Waals surface area contributed by atoms with Gasteiger partial charge in [0.25, 0.3) is 0 Å². The molecule has 1 aromatic heterocycles. The molecule has 0 spiro atoms. The zero-order valence-electron chi connectivity index (χ0n) is 12.9. The molecule has 0 unspecified atom stereocenters. The largest absolute Gasteiger partial charge is 0.330 e. The maximum Gasteiger partial charge on any atom is 0.109 e. The van der Waals surface area contributed by atoms with Crippen LogP contribution < -0.4 is 5.32 Å². The molecule has 1 aliphatic rings. The van der Waals surface area contributed by atoms with E-state index in [1.807, 2.05) is 0 Å². The lowest BCUT2D eigenvalue weighted by molar-refractivity contribution is 0.260. The Balaban J connectivity index is 2.14. The lowest BCUT2D eigenvalue weighted by Crippen LogP contribution is -2.31. The fourth-order valence-corrected chi connectivity index (χ4v) is 2.62. The molecule has 0 aliphatic carbocycles. The number of nitrogens with zero attached hydrogens (tertiary/aromatic N) is 3. The van der Waals surface area contributed by atoms with Crippen molar-refractivity contribution in [3.05, 3.63) is 17.2 Å². The summed E-state index contributed by atoms with van der Waals surface area (Å²) in [6.45, 7) is 10.9. The van der Waals surface area contributed by atoms with Crippen molar-refractivity contribution in [1.29, 1.82) is 0 Å². The molecule has 4 nitrogen and oxygen atoms in total. The summed E-state index contributed by atoms with van der Waals surface area (Å²) < 4.78 is 2.48. The number of aryl methyl sites for hydroxylation is 1. The summed E-state index contributed by atoms with van der Waals surface area (Å²) in [5.41, 5.74) is 2.75. The van der Waals surface area contributed by atoms with Crippen LogP contribution in [-0.4, -0.2) is 40.6 Å². The molecule has 0 fully saturated rings. The molecule has 0 saturated carbocycles. The quantitative estimate of drug-likeness (QED) is 0.851. The van der Waals surface area contributed by atoms with E-state index in [9.17, 15) is 0 Å². The lowest BCUT2D eigenvalue weighted by Gasteiger charge is -2.23. The van der Waals surface area contributed by atoms with Crippen molar-refractivity contribution in [3.63, 3.8) is 0 Å². The fraction of sp³-hybridized carbons (Fsp3) is 0.800. The molecule has 0 atom stereocenters. The van der Waals surface area contributed by atoms with E-state index in [1.54, 1.807) is 0 Å². The Kier molecular flexibility index (Phi) is 4.99. The number of fused-ring (bicyclic) bond motifs is 1. The van der Waals surface area contributed by atoms with E-state index in [0.717, 1.165) is 39.0 Å². The maximum atomic E-state index is 4.85. The highest BCUT2D eigenvalue weighted by molar-refractivity contribution is 5.20. The second-order valence-corrected chi connectivity index (χ2v) is 5.82. The molecule has 2 heterocycles. The second kappa shape index (κ2) is 6.53. The van der Waals surface area contributed by atoms with Crippen LogP contribution in [0.5, 0.6) is 0 Å². The molecule has 0 aromatic carbocycles. The smallest absolute Gasteiger partial charge is 0.109 e. The summed E-state index contributed by atoms with van der Waals surface area (Å²) in [5.74, 6) is 1.29. The first-order chi connectivity index (χ1) is 9.13. The van der Waals surface area contributed by atoms with E-state index in [2.05, 4.69) is 42.6 Å². The van der Waals surface area contributed by atoms with Gasteiger partial charge in [-0.05, 0) is 27.3 Å². The van der Waals surface area contributed by atoms with Gasteiger partial charge in [-0.2, -0.15) is 0 Å². The number of imidazole rings is 1. The summed E-state index contributed by atoms with van der Waals surface area (Å²) in [6.07, 6.45) is 3.39. The minimum atomic E-state index is 0.607. The standard InChI is InChI=1S/C15H28N4/c1-5-6-15-17-13-11-16-8-7-14(13)19(15)10-9-18(4)12(2)3/h12,16H,5-11H2,1-4H3. The zero-order valence-corrected chi connectivity index (χ0v) is 12.9. The summed E-state index contributed by atoms with van der Waals surface area (Å²) in [6, 6.07) is 0.607. The van der Waals surface area contributed by atoms with E-state index in [4.69, 9.17) is 4.98 Å². The predicted octanol–water partition coefficient (Wildman–Crippen LogP) is 1.82. The average Bonchev–Trinajstić information content (AvgIpc) is 2.74. The van der Waals surface area contributed by atoms with Crippen molar-refractivity contribution >= 4 is 0 Å². The lowest BCUT2D eigenvalue weighted by atomic mass is 10.2. The monoisotopic (exact) mass is 264 g/mol. The van der Waals surface area contributed by atoms with E-state index < -0.39 is 0 Å². The number of hydrogen-bond acceptors (Lipinski definition) is 3. The highest BCUT2D eigenvalue weighted by atomic mass is 15.2. The number of nitrogens with one attached hydrogen (secondary N) is 1. The van der Waals surface area contributed by atoms with Gasteiger partial charge in [-0.3, -0.25) is 0 Å². The number of rotatable bonds is 6. The average molecular weight is 264 g/mol. The van der Waals surface area contributed by atoms with Gasteiger partial charge in [0, 0.05) is 50.8 Å². The Bertz CT molecular complexity index is 409. The van der Waals surface area contributed by atoms with Gasteiger partial charge in [0.05, 0.1) is 5.69 Å². The highest BCUT2D eigenvalue weighted by Gasteiger charge is 2.19. The van der Waals surface area contributed by atoms with Crippen LogP contribution in [-0.2, 0) is 25.9 Å². The molecule has 2 rings (SSSR count). The van der Waals surface area contributed by atoms with Gasteiger partial charge >= 0.3 is 0 Å². The molecule has 0 saturated heterocycles. The highest BCUT2D eigenvalue weighted by Crippen LogP contribution is 2.17. The van der Waals surface area contributed by atoms with Gasteiger partial charge < -0.3 is 14.8 Å². The summed E-state index contributed by atoms with van der Waals surface area (Å²) in [7, 11) is 2.20. The van der Waals surface area contributed by atoms with Crippen molar-refractivity contribution in [2.24, 2.45) is 0 Å². The molecule has 19 heavy (non-hydrogen) atoms. The van der Waals surface area contributed by atoms with E-state index in [0.29, 0.717) is 6.04 Å². The number of hydrogen-bond donors (Lipinski definition) is 1. The summed E-state index contributed by atoms with van der Waals surface area (Å²) in [5, 5.41) is 3.42. The third-order valence-corrected chi connectivity index (χ3v) is 4.10. The molecule has 0 radical (unpaired) electrons. The molecule has 1 N–H and O–H groups in total. The van der Waals surface area contributed by atoms with Gasteiger partial charge in [-0.1, -0.05) is 6.92 Å². The van der Waals surface area contributed by atoms with Gasteiger partial charge in [0.15, 0.2) is 0 Å². The first-order valence-electron chi connectivity index (χ1n) is 7.61. The van der Waals surface area contributed by atoms with Crippen molar-refractivity contribution in [2.45, 2.75) is 59.2 Å². The van der Waals surface area contributed by atoms with Crippen LogP contribution in [0, 0.1) is 0 Å². The molecule has 0 amide bonds. The van der Waals surface area contributed by atoms with Crippen LogP contribution >= 0.6 is 0 Å². The van der Waals surface area contributed by atoms with Crippen molar-refractivity contribution in [2.75, 3.05) is 20.1 Å². The SMILES string of the molecule is CCCc1nc2c(n1CCN(C)C(C)C)CCNC2. The summed E-state index contributed by atoms with van der Waals surface area (Å²) >= 11 is 0. The van der Waals surface area contributed by atoms with Crippen molar-refractivity contribution in [3.8, 4) is 0 Å². The number of aromatic nitrogens is 2. The molecule has 1 aromatic rings. The molecular weight excluding hydrogens is 236 g/mol. The van der Waals surface area contributed by atoms with Gasteiger partial charge in [0.1, 0.15) is 5.82 Å². The van der Waals surface area contributed by atoms with E-state index >= 15 is 0 Å². The minimum Gasteiger partial charge on any atom is -0.330 e. The first kappa shape index (κ1) is 14.5. The van der Waals surface area contributed by atoms with Crippen molar-refractivity contribution < 1.29 is 0 Å². The van der Waals surface area contributed by atoms with Crippen LogP contribution in [0.2, 0.25) is 0 Å². The third-order valence-electron chi connectivity index (χ3n) is 4.10. The molecule has 0 bridgehead atoms. The summed E-state index contributed by atoms with van der Waals surface area (Å²) in [4.78, 5) is 7.25. The molecular formula is C15H28N4. The van der Waals surface area contributed by atoms with Crippen LogP contribution in [0.4, 0.5) is 0 Å². The van der Waals surface area contributed by atoms with Gasteiger partial charge in [-0.15, -0.1) is 0 Å². The topological polar surface area (TPSA) is 33.1 Å². The van der Waals surface area contributed by atoms with Gasteiger partial charge in [-0.25, -0.2) is 4.98 Å². The van der Waals surface area contributed by atoms with E-state index in [1.165, 1.54) is 23.6 Å². The van der Waals surface area contributed by atoms with Crippen molar-refractivity contribution in [1.82, 2.24) is 19.8 Å². The minimum absolute atomic E-state index is 0.607. The second-order valence-electron chi connectivity index (χ2n) is 5.82. The van der Waals surface area contributed by atoms with Crippen LogP contribution in [0.1, 0.15) is 44.4 Å². The normalized spacial score (nSPS) is 15.3. The Morgan fingerprint density at radius 3 is 2.89 bits per heavy atom. The zero-order chi connectivity index (χ0) is 13.8. The maximum absolute atomic E-state index is 4.85. The number of likely N-dealkylation sites (N-methyl/N-ethyl adjacent to an activating group) is 1. The molecule has 4 heteroatoms. The van der Waals surface area contributed by atoms with Crippen LogP contribution in [0.25, 0.3) is 0 Å². The fourth-order valence-electron chi connectivity index (χ4n) is 2.62. The Hall–Kier alpha value is -0.870. The first-order valence-corrected chi connectivity index (χ1v) is 7.61. The van der Waals surface area contributed by atoms with Crippen LogP contribution in [0.15, 0.2) is 0 Å². The van der Waals surface area contributed by atoms with E-state index in [-0.39, 0.29) is 0 Å². The molecule has 108 valence electrons. The Labute approximate surface area is 117 Å². The van der Waals surface area contributed by atoms with Crippen LogP contribution in [0.3, 0.4) is 0 Å². The Morgan fingerprint density at radius 1 is 1.42 bits per heavy atom. The predicted molar refractivity (Wildman–Crippen MR) is 79.4 cm³/mol. The third kappa shape index (κ3) is 3.37. The molecule has 1 aliphatic heterocycles.